The highest BCUT2D eigenvalue weighted by atomic mass is 16.5. The third-order valence-electron chi connectivity index (χ3n) is 7.63. The second-order valence-electron chi connectivity index (χ2n) is 10.6. The molecule has 0 saturated carbocycles. The van der Waals surface area contributed by atoms with E-state index in [4.69, 9.17) is 9.72 Å². The summed E-state index contributed by atoms with van der Waals surface area (Å²) >= 11 is 0. The van der Waals surface area contributed by atoms with Crippen molar-refractivity contribution in [2.75, 3.05) is 50.1 Å². The summed E-state index contributed by atoms with van der Waals surface area (Å²) in [6.07, 6.45) is 5.54. The van der Waals surface area contributed by atoms with Gasteiger partial charge >= 0.3 is 0 Å². The van der Waals surface area contributed by atoms with Gasteiger partial charge in [0.25, 0.3) is 0 Å². The lowest BCUT2D eigenvalue weighted by molar-refractivity contribution is -0.127. The van der Waals surface area contributed by atoms with E-state index in [-0.39, 0.29) is 11.8 Å². The molecule has 2 saturated heterocycles. The van der Waals surface area contributed by atoms with Crippen LogP contribution in [0, 0.1) is 5.92 Å². The standard InChI is InChI=1S/C26H36N8O2/c1-17-13-33(14-18(2)31(17)5)25-28-11-20(36-6)23(29-25)32-15-19(16-32)24(35)30-26(3,4)21-12-27-22-9-7-8-10-34(21)22/h7-12,17-19H,13-16H2,1-6H3,(H,30,35)/t17-,18?/m0/s1. The first-order valence-corrected chi connectivity index (χ1v) is 12.6. The normalized spacial score (nSPS) is 21.5. The van der Waals surface area contributed by atoms with E-state index in [2.05, 4.69) is 50.9 Å². The molecule has 5 rings (SSSR count). The fourth-order valence-corrected chi connectivity index (χ4v) is 5.13. The van der Waals surface area contributed by atoms with Gasteiger partial charge in [-0.3, -0.25) is 9.69 Å². The minimum atomic E-state index is -0.563. The molecule has 2 atom stereocenters. The molecule has 5 heterocycles. The number of imidazole rings is 1. The quantitative estimate of drug-likeness (QED) is 0.560. The van der Waals surface area contributed by atoms with E-state index in [0.29, 0.717) is 36.9 Å². The maximum absolute atomic E-state index is 13.2. The maximum Gasteiger partial charge on any atom is 0.227 e. The van der Waals surface area contributed by atoms with Gasteiger partial charge in [0, 0.05) is 44.5 Å². The molecule has 0 bridgehead atoms. The maximum atomic E-state index is 13.2. The summed E-state index contributed by atoms with van der Waals surface area (Å²) in [5.41, 5.74) is 1.24. The van der Waals surface area contributed by atoms with Crippen molar-refractivity contribution in [3.05, 3.63) is 42.5 Å². The fourth-order valence-electron chi connectivity index (χ4n) is 5.13. The molecular formula is C26H36N8O2. The second kappa shape index (κ2) is 9.24. The van der Waals surface area contributed by atoms with Crippen LogP contribution in [0.2, 0.25) is 0 Å². The van der Waals surface area contributed by atoms with Crippen LogP contribution in [-0.2, 0) is 10.3 Å². The lowest BCUT2D eigenvalue weighted by atomic mass is 9.95. The highest BCUT2D eigenvalue weighted by Gasteiger charge is 2.38. The number of aromatic nitrogens is 4. The highest BCUT2D eigenvalue weighted by Crippen LogP contribution is 2.33. The molecule has 10 heteroatoms. The number of ether oxygens (including phenoxy) is 1. The van der Waals surface area contributed by atoms with Crippen molar-refractivity contribution in [3.8, 4) is 5.75 Å². The average molecular weight is 493 g/mol. The van der Waals surface area contributed by atoms with E-state index >= 15 is 0 Å². The number of anilines is 2. The van der Waals surface area contributed by atoms with Crippen LogP contribution in [0.3, 0.4) is 0 Å². The molecule has 0 aliphatic carbocycles. The zero-order valence-corrected chi connectivity index (χ0v) is 22.0. The Kier molecular flexibility index (Phi) is 6.23. The Morgan fingerprint density at radius 1 is 1.06 bits per heavy atom. The summed E-state index contributed by atoms with van der Waals surface area (Å²) in [5.74, 6) is 1.97. The predicted octanol–water partition coefficient (Wildman–Crippen LogP) is 2.15. The van der Waals surface area contributed by atoms with Gasteiger partial charge in [-0.25, -0.2) is 9.97 Å². The number of likely N-dealkylation sites (N-methyl/N-ethyl adjacent to an activating group) is 1. The van der Waals surface area contributed by atoms with Crippen LogP contribution < -0.4 is 19.9 Å². The van der Waals surface area contributed by atoms with Crippen LogP contribution in [-0.4, -0.2) is 82.6 Å². The number of rotatable bonds is 6. The van der Waals surface area contributed by atoms with Crippen LogP contribution in [0.1, 0.15) is 33.4 Å². The van der Waals surface area contributed by atoms with Crippen LogP contribution >= 0.6 is 0 Å². The molecule has 1 unspecified atom stereocenters. The van der Waals surface area contributed by atoms with E-state index < -0.39 is 5.54 Å². The Balaban J connectivity index is 1.27. The minimum absolute atomic E-state index is 0.0251. The van der Waals surface area contributed by atoms with Gasteiger partial charge < -0.3 is 24.3 Å². The van der Waals surface area contributed by atoms with Crippen LogP contribution in [0.4, 0.5) is 11.8 Å². The molecular weight excluding hydrogens is 456 g/mol. The number of methoxy groups -OCH3 is 1. The Morgan fingerprint density at radius 3 is 2.47 bits per heavy atom. The molecule has 2 aliphatic heterocycles. The van der Waals surface area contributed by atoms with E-state index in [1.807, 2.05) is 48.8 Å². The number of pyridine rings is 1. The van der Waals surface area contributed by atoms with Gasteiger partial charge in [0.1, 0.15) is 5.65 Å². The van der Waals surface area contributed by atoms with Gasteiger partial charge in [-0.15, -0.1) is 0 Å². The minimum Gasteiger partial charge on any atom is -0.491 e. The first-order valence-electron chi connectivity index (χ1n) is 12.6. The monoisotopic (exact) mass is 492 g/mol. The highest BCUT2D eigenvalue weighted by molar-refractivity contribution is 5.83. The Labute approximate surface area is 212 Å². The smallest absolute Gasteiger partial charge is 0.227 e. The summed E-state index contributed by atoms with van der Waals surface area (Å²) < 4.78 is 7.58. The Hall–Kier alpha value is -3.40. The number of nitrogens with one attached hydrogen (secondary N) is 1. The number of piperazine rings is 1. The van der Waals surface area contributed by atoms with Gasteiger partial charge in [-0.05, 0) is 46.9 Å². The third kappa shape index (κ3) is 4.34. The molecule has 2 fully saturated rings. The molecule has 1 N–H and O–H groups in total. The van der Waals surface area contributed by atoms with Gasteiger partial charge in [-0.1, -0.05) is 6.07 Å². The SMILES string of the molecule is COc1cnc(N2CC(C)N(C)[C@@H](C)C2)nc1N1CC(C(=O)NC(C)(C)c2cnc3ccccn23)C1. The number of fused-ring (bicyclic) bond motifs is 1. The summed E-state index contributed by atoms with van der Waals surface area (Å²) in [4.78, 5) is 33.8. The number of amides is 1. The van der Waals surface area contributed by atoms with E-state index in [9.17, 15) is 4.79 Å². The van der Waals surface area contributed by atoms with E-state index in [1.54, 1.807) is 13.3 Å². The van der Waals surface area contributed by atoms with Crippen molar-refractivity contribution < 1.29 is 9.53 Å². The molecule has 3 aromatic rings. The predicted molar refractivity (Wildman–Crippen MR) is 140 cm³/mol. The zero-order chi connectivity index (χ0) is 25.6. The molecule has 0 spiro atoms. The third-order valence-corrected chi connectivity index (χ3v) is 7.63. The van der Waals surface area contributed by atoms with Crippen LogP contribution in [0.5, 0.6) is 5.75 Å². The largest absolute Gasteiger partial charge is 0.491 e. The molecule has 10 nitrogen and oxygen atoms in total. The molecule has 1 amide bonds. The van der Waals surface area contributed by atoms with Gasteiger partial charge in [-0.2, -0.15) is 4.98 Å². The van der Waals surface area contributed by atoms with Gasteiger partial charge in [0.15, 0.2) is 11.6 Å². The van der Waals surface area contributed by atoms with Crippen molar-refractivity contribution >= 4 is 23.3 Å². The topological polar surface area (TPSA) is 91.1 Å². The zero-order valence-electron chi connectivity index (χ0n) is 22.0. The lowest BCUT2D eigenvalue weighted by Gasteiger charge is -2.43. The van der Waals surface area contributed by atoms with Gasteiger partial charge in [0.2, 0.25) is 11.9 Å². The van der Waals surface area contributed by atoms with Crippen LogP contribution in [0.15, 0.2) is 36.8 Å². The average Bonchev–Trinajstić information content (AvgIpc) is 3.26. The van der Waals surface area contributed by atoms with E-state index in [0.717, 1.165) is 30.2 Å². The fraction of sp³-hybridized carbons (Fsp3) is 0.538. The van der Waals surface area contributed by atoms with E-state index in [1.165, 1.54) is 0 Å². The summed E-state index contributed by atoms with van der Waals surface area (Å²) in [5, 5.41) is 3.23. The molecule has 2 aliphatic rings. The van der Waals surface area contributed by atoms with Crippen molar-refractivity contribution in [1.29, 1.82) is 0 Å². The van der Waals surface area contributed by atoms with Crippen molar-refractivity contribution in [3.63, 3.8) is 0 Å². The molecule has 3 aromatic heterocycles. The van der Waals surface area contributed by atoms with Crippen LogP contribution in [0.25, 0.3) is 5.65 Å². The summed E-state index contributed by atoms with van der Waals surface area (Å²) in [7, 11) is 3.79. The number of hydrogen-bond acceptors (Lipinski definition) is 8. The summed E-state index contributed by atoms with van der Waals surface area (Å²) in [6.45, 7) is 11.4. The number of carbonyl (C=O) groups is 1. The molecule has 192 valence electrons. The first kappa shape index (κ1) is 24.3. The summed E-state index contributed by atoms with van der Waals surface area (Å²) in [6, 6.07) is 6.70. The van der Waals surface area contributed by atoms with Crippen molar-refractivity contribution in [2.24, 2.45) is 5.92 Å². The number of hydrogen-bond donors (Lipinski definition) is 1. The first-order chi connectivity index (χ1) is 17.2. The molecule has 36 heavy (non-hydrogen) atoms. The van der Waals surface area contributed by atoms with Crippen molar-refractivity contribution in [2.45, 2.75) is 45.3 Å². The number of nitrogens with zero attached hydrogens (tertiary/aromatic N) is 7. The Morgan fingerprint density at radius 2 is 1.78 bits per heavy atom. The second-order valence-corrected chi connectivity index (χ2v) is 10.6. The van der Waals surface area contributed by atoms with Gasteiger partial charge in [0.05, 0.1) is 36.7 Å². The number of carbonyl (C=O) groups excluding carboxylic acids is 1. The Bertz CT molecular complexity index is 1240. The molecule has 0 aromatic carbocycles. The lowest BCUT2D eigenvalue weighted by Crippen LogP contribution is -2.57. The molecule has 0 radical (unpaired) electrons. The van der Waals surface area contributed by atoms with Crippen molar-refractivity contribution in [1.82, 2.24) is 29.6 Å².